The zero-order chi connectivity index (χ0) is 17.9. The van der Waals surface area contributed by atoms with Gasteiger partial charge in [-0.05, 0) is 54.4 Å². The van der Waals surface area contributed by atoms with Gasteiger partial charge in [0, 0.05) is 13.6 Å². The number of ether oxygens (including phenoxy) is 2. The van der Waals surface area contributed by atoms with Crippen molar-refractivity contribution in [3.8, 4) is 11.5 Å². The molecule has 0 bridgehead atoms. The molecule has 0 heterocycles. The first-order chi connectivity index (χ1) is 11.3. The van der Waals surface area contributed by atoms with E-state index < -0.39 is 15.8 Å². The average molecular weight is 353 g/mol. The lowest BCUT2D eigenvalue weighted by molar-refractivity contribution is 0.353. The standard InChI is InChI=1S/C17H20FNO4S/c1-12-9-16(22-3)17(23-4)10-13(12)11-19(2)24(20,21)15-7-5-14(18)6-8-15/h5-10H,11H2,1-4H3. The molecule has 0 aliphatic rings. The lowest BCUT2D eigenvalue weighted by Gasteiger charge is -2.20. The quantitative estimate of drug-likeness (QED) is 0.801. The zero-order valence-corrected chi connectivity index (χ0v) is 14.9. The van der Waals surface area contributed by atoms with Crippen molar-refractivity contribution in [2.45, 2.75) is 18.4 Å². The molecule has 7 heteroatoms. The highest BCUT2D eigenvalue weighted by molar-refractivity contribution is 7.89. The molecule has 2 aromatic rings. The molecule has 0 atom stereocenters. The summed E-state index contributed by atoms with van der Waals surface area (Å²) in [6, 6.07) is 8.31. The van der Waals surface area contributed by atoms with E-state index in [1.165, 1.54) is 30.6 Å². The van der Waals surface area contributed by atoms with Gasteiger partial charge in [-0.1, -0.05) is 0 Å². The molecule has 0 aliphatic carbocycles. The van der Waals surface area contributed by atoms with Crippen molar-refractivity contribution in [2.24, 2.45) is 0 Å². The van der Waals surface area contributed by atoms with Crippen molar-refractivity contribution in [1.82, 2.24) is 4.31 Å². The molecule has 0 N–H and O–H groups in total. The van der Waals surface area contributed by atoms with Crippen LogP contribution in [0.4, 0.5) is 4.39 Å². The van der Waals surface area contributed by atoms with Crippen LogP contribution in [0.15, 0.2) is 41.3 Å². The van der Waals surface area contributed by atoms with Gasteiger partial charge in [0.2, 0.25) is 10.0 Å². The maximum atomic E-state index is 13.0. The van der Waals surface area contributed by atoms with Crippen molar-refractivity contribution in [1.29, 1.82) is 0 Å². The summed E-state index contributed by atoms with van der Waals surface area (Å²) >= 11 is 0. The summed E-state index contributed by atoms with van der Waals surface area (Å²) in [7, 11) is 0.837. The third-order valence-corrected chi connectivity index (χ3v) is 5.57. The smallest absolute Gasteiger partial charge is 0.243 e. The lowest BCUT2D eigenvalue weighted by atomic mass is 10.1. The molecule has 0 radical (unpaired) electrons. The second kappa shape index (κ2) is 7.19. The Morgan fingerprint density at radius 3 is 2.12 bits per heavy atom. The third kappa shape index (κ3) is 3.68. The minimum atomic E-state index is -3.71. The second-order valence-corrected chi connectivity index (χ2v) is 7.39. The zero-order valence-electron chi connectivity index (χ0n) is 14.0. The Labute approximate surface area is 141 Å². The number of sulfonamides is 1. The Morgan fingerprint density at radius 1 is 1.04 bits per heavy atom. The highest BCUT2D eigenvalue weighted by atomic mass is 32.2. The van der Waals surface area contributed by atoms with Gasteiger partial charge in [0.1, 0.15) is 5.82 Å². The highest BCUT2D eigenvalue weighted by Gasteiger charge is 2.22. The van der Waals surface area contributed by atoms with Gasteiger partial charge >= 0.3 is 0 Å². The monoisotopic (exact) mass is 353 g/mol. The molecule has 0 saturated carbocycles. The molecule has 2 rings (SSSR count). The van der Waals surface area contributed by atoms with Crippen LogP contribution in [0, 0.1) is 12.7 Å². The summed E-state index contributed by atoms with van der Waals surface area (Å²) in [6.45, 7) is 2.03. The fraction of sp³-hybridized carbons (Fsp3) is 0.294. The molecule has 0 saturated heterocycles. The van der Waals surface area contributed by atoms with Gasteiger partial charge < -0.3 is 9.47 Å². The molecule has 5 nitrogen and oxygen atoms in total. The molecule has 0 aliphatic heterocycles. The molecule has 0 spiro atoms. The summed E-state index contributed by atoms with van der Waals surface area (Å²) in [5.41, 5.74) is 1.68. The number of nitrogens with zero attached hydrogens (tertiary/aromatic N) is 1. The first-order valence-corrected chi connectivity index (χ1v) is 8.67. The maximum absolute atomic E-state index is 13.0. The summed E-state index contributed by atoms with van der Waals surface area (Å²) in [5, 5.41) is 0. The number of hydrogen-bond donors (Lipinski definition) is 0. The first kappa shape index (κ1) is 18.2. The summed E-state index contributed by atoms with van der Waals surface area (Å²) in [5.74, 6) is 0.640. The van der Waals surface area contributed by atoms with E-state index in [9.17, 15) is 12.8 Å². The molecule has 130 valence electrons. The average Bonchev–Trinajstić information content (AvgIpc) is 2.56. The van der Waals surface area contributed by atoms with Crippen molar-refractivity contribution in [2.75, 3.05) is 21.3 Å². The van der Waals surface area contributed by atoms with Gasteiger partial charge in [-0.2, -0.15) is 4.31 Å². The van der Waals surface area contributed by atoms with Crippen LogP contribution in [-0.4, -0.2) is 34.0 Å². The van der Waals surface area contributed by atoms with E-state index in [-0.39, 0.29) is 11.4 Å². The highest BCUT2D eigenvalue weighted by Crippen LogP contribution is 2.31. The summed E-state index contributed by atoms with van der Waals surface area (Å²) in [4.78, 5) is 0.0459. The van der Waals surface area contributed by atoms with E-state index in [0.717, 1.165) is 23.3 Å². The normalized spacial score (nSPS) is 11.6. The van der Waals surface area contributed by atoms with Crippen LogP contribution in [0.25, 0.3) is 0 Å². The van der Waals surface area contributed by atoms with Crippen LogP contribution in [-0.2, 0) is 16.6 Å². The van der Waals surface area contributed by atoms with Gasteiger partial charge in [-0.3, -0.25) is 0 Å². The Bertz CT molecular complexity index is 819. The summed E-state index contributed by atoms with van der Waals surface area (Å²) in [6.07, 6.45) is 0. The Kier molecular flexibility index (Phi) is 5.46. The molecule has 2 aromatic carbocycles. The fourth-order valence-electron chi connectivity index (χ4n) is 2.30. The Morgan fingerprint density at radius 2 is 1.58 bits per heavy atom. The largest absolute Gasteiger partial charge is 0.493 e. The van der Waals surface area contributed by atoms with Gasteiger partial charge in [0.25, 0.3) is 0 Å². The van der Waals surface area contributed by atoms with Gasteiger partial charge in [-0.25, -0.2) is 12.8 Å². The van der Waals surface area contributed by atoms with Crippen molar-refractivity contribution < 1.29 is 22.3 Å². The van der Waals surface area contributed by atoms with Crippen LogP contribution in [0.3, 0.4) is 0 Å². The van der Waals surface area contributed by atoms with Crippen LogP contribution in [0.5, 0.6) is 11.5 Å². The van der Waals surface area contributed by atoms with Crippen LogP contribution in [0.1, 0.15) is 11.1 Å². The van der Waals surface area contributed by atoms with E-state index in [1.54, 1.807) is 19.2 Å². The number of methoxy groups -OCH3 is 2. The lowest BCUT2D eigenvalue weighted by Crippen LogP contribution is -2.26. The van der Waals surface area contributed by atoms with Crippen molar-refractivity contribution >= 4 is 10.0 Å². The number of aryl methyl sites for hydroxylation is 1. The maximum Gasteiger partial charge on any atom is 0.243 e. The van der Waals surface area contributed by atoms with E-state index in [1.807, 2.05) is 6.92 Å². The van der Waals surface area contributed by atoms with Gasteiger partial charge in [0.15, 0.2) is 11.5 Å². The fourth-order valence-corrected chi connectivity index (χ4v) is 3.45. The molecular formula is C17H20FNO4S. The number of hydrogen-bond acceptors (Lipinski definition) is 4. The van der Waals surface area contributed by atoms with Gasteiger partial charge in [0.05, 0.1) is 19.1 Å². The predicted molar refractivity (Wildman–Crippen MR) is 89.3 cm³/mol. The predicted octanol–water partition coefficient (Wildman–Crippen LogP) is 2.97. The van der Waals surface area contributed by atoms with Crippen LogP contribution < -0.4 is 9.47 Å². The number of benzene rings is 2. The minimum Gasteiger partial charge on any atom is -0.493 e. The van der Waals surface area contributed by atoms with E-state index in [2.05, 4.69) is 0 Å². The van der Waals surface area contributed by atoms with Crippen molar-refractivity contribution in [3.05, 3.63) is 53.3 Å². The number of halogens is 1. The first-order valence-electron chi connectivity index (χ1n) is 7.23. The molecule has 24 heavy (non-hydrogen) atoms. The van der Waals surface area contributed by atoms with E-state index >= 15 is 0 Å². The Balaban J connectivity index is 2.32. The van der Waals surface area contributed by atoms with Crippen molar-refractivity contribution in [3.63, 3.8) is 0 Å². The van der Waals surface area contributed by atoms with Crippen LogP contribution in [0.2, 0.25) is 0 Å². The SMILES string of the molecule is COc1cc(C)c(CN(C)S(=O)(=O)c2ccc(F)cc2)cc1OC. The topological polar surface area (TPSA) is 55.8 Å². The minimum absolute atomic E-state index is 0.0459. The third-order valence-electron chi connectivity index (χ3n) is 3.76. The molecular weight excluding hydrogens is 333 g/mol. The van der Waals surface area contributed by atoms with E-state index in [0.29, 0.717) is 11.5 Å². The van der Waals surface area contributed by atoms with E-state index in [4.69, 9.17) is 9.47 Å². The molecule has 0 aromatic heterocycles. The molecule has 0 fully saturated rings. The van der Waals surface area contributed by atoms with Crippen LogP contribution >= 0.6 is 0 Å². The number of rotatable bonds is 6. The van der Waals surface area contributed by atoms with Gasteiger partial charge in [-0.15, -0.1) is 0 Å². The summed E-state index contributed by atoms with van der Waals surface area (Å²) < 4.78 is 49.9. The second-order valence-electron chi connectivity index (χ2n) is 5.35. The Hall–Kier alpha value is -2.12. The molecule has 0 unspecified atom stereocenters. The molecule has 0 amide bonds.